The van der Waals surface area contributed by atoms with Crippen LogP contribution in [0.3, 0.4) is 0 Å². The van der Waals surface area contributed by atoms with Crippen molar-refractivity contribution >= 4 is 5.91 Å². The molecule has 2 N–H and O–H groups in total. The first-order valence-electron chi connectivity index (χ1n) is 5.85. The molecule has 1 amide bonds. The number of pyridine rings is 1. The van der Waals surface area contributed by atoms with Gasteiger partial charge in [-0.05, 0) is 17.5 Å². The lowest BCUT2D eigenvalue weighted by Gasteiger charge is -2.17. The maximum Gasteiger partial charge on any atom is 0.253 e. The third-order valence-electron chi connectivity index (χ3n) is 3.16. The Kier molecular flexibility index (Phi) is 2.48. The lowest BCUT2D eigenvalue weighted by Crippen LogP contribution is -2.29. The average molecular weight is 240 g/mol. The maximum absolute atomic E-state index is 11.9. The number of hydrogen-bond acceptors (Lipinski definition) is 2. The molecule has 0 spiro atoms. The molecule has 4 heteroatoms. The van der Waals surface area contributed by atoms with Gasteiger partial charge in [0.25, 0.3) is 5.91 Å². The molecular formula is C14H12N2O2. The van der Waals surface area contributed by atoms with Crippen LogP contribution < -0.4 is 10.9 Å². The summed E-state index contributed by atoms with van der Waals surface area (Å²) in [7, 11) is 0. The fraction of sp³-hybridized carbons (Fsp3) is 0.143. The number of benzene rings is 1. The van der Waals surface area contributed by atoms with Crippen molar-refractivity contribution < 1.29 is 4.79 Å². The number of rotatable bonds is 0. The minimum atomic E-state index is -0.197. The number of carbonyl (C=O) groups is 1. The van der Waals surface area contributed by atoms with E-state index >= 15 is 0 Å². The molecule has 18 heavy (non-hydrogen) atoms. The Balaban J connectivity index is 2.33. The molecule has 0 bridgehead atoms. The summed E-state index contributed by atoms with van der Waals surface area (Å²) in [4.78, 5) is 26.0. The van der Waals surface area contributed by atoms with Crippen molar-refractivity contribution in [2.24, 2.45) is 0 Å². The fourth-order valence-corrected chi connectivity index (χ4v) is 2.29. The number of carbonyl (C=O) groups excluding carboxylic acids is 1. The first-order chi connectivity index (χ1) is 8.75. The molecule has 2 heterocycles. The van der Waals surface area contributed by atoms with Crippen LogP contribution in [0.1, 0.15) is 15.9 Å². The molecule has 0 aliphatic carbocycles. The smallest absolute Gasteiger partial charge is 0.253 e. The van der Waals surface area contributed by atoms with Crippen molar-refractivity contribution in [3.8, 4) is 11.1 Å². The molecule has 0 saturated heterocycles. The van der Waals surface area contributed by atoms with E-state index in [-0.39, 0.29) is 11.5 Å². The standard InChI is InChI=1S/C14H12N2O2/c17-13-7-11-10-4-2-1-3-9(10)5-6-15-14(18)12(11)8-16-13/h1-4,7-8H,5-6H2,(H,15,18)(H,16,17). The van der Waals surface area contributed by atoms with E-state index in [0.29, 0.717) is 17.7 Å². The molecule has 1 aromatic carbocycles. The third-order valence-corrected chi connectivity index (χ3v) is 3.16. The van der Waals surface area contributed by atoms with Crippen molar-refractivity contribution in [3.05, 3.63) is 58.0 Å². The average Bonchev–Trinajstić information content (AvgIpc) is 2.37. The summed E-state index contributed by atoms with van der Waals surface area (Å²) >= 11 is 0. The second-order valence-corrected chi connectivity index (χ2v) is 4.29. The molecule has 1 aliphatic heterocycles. The van der Waals surface area contributed by atoms with Crippen molar-refractivity contribution in [2.75, 3.05) is 6.54 Å². The highest BCUT2D eigenvalue weighted by Crippen LogP contribution is 2.27. The van der Waals surface area contributed by atoms with Gasteiger partial charge in [0.15, 0.2) is 0 Å². The molecule has 3 rings (SSSR count). The summed E-state index contributed by atoms with van der Waals surface area (Å²) in [6, 6.07) is 9.35. The molecular weight excluding hydrogens is 228 g/mol. The van der Waals surface area contributed by atoms with Crippen LogP contribution in [0.2, 0.25) is 0 Å². The maximum atomic E-state index is 11.9. The predicted molar refractivity (Wildman–Crippen MR) is 68.5 cm³/mol. The van der Waals surface area contributed by atoms with Crippen LogP contribution in [0.4, 0.5) is 0 Å². The van der Waals surface area contributed by atoms with Gasteiger partial charge >= 0.3 is 0 Å². The predicted octanol–water partition coefficient (Wildman–Crippen LogP) is 1.33. The van der Waals surface area contributed by atoms with Crippen LogP contribution in [0, 0.1) is 0 Å². The Bertz CT molecular complexity index is 673. The molecule has 0 unspecified atom stereocenters. The summed E-state index contributed by atoms with van der Waals surface area (Å²) < 4.78 is 0. The molecule has 1 aliphatic rings. The molecule has 1 aromatic heterocycles. The lowest BCUT2D eigenvalue weighted by atomic mass is 9.93. The molecule has 0 atom stereocenters. The van der Waals surface area contributed by atoms with E-state index in [1.165, 1.54) is 12.3 Å². The highest BCUT2D eigenvalue weighted by atomic mass is 16.1. The lowest BCUT2D eigenvalue weighted by molar-refractivity contribution is 0.0954. The topological polar surface area (TPSA) is 62.0 Å². The van der Waals surface area contributed by atoms with E-state index in [2.05, 4.69) is 10.3 Å². The summed E-state index contributed by atoms with van der Waals surface area (Å²) in [5, 5.41) is 2.84. The van der Waals surface area contributed by atoms with Crippen LogP contribution >= 0.6 is 0 Å². The first kappa shape index (κ1) is 10.8. The fourth-order valence-electron chi connectivity index (χ4n) is 2.29. The van der Waals surface area contributed by atoms with Gasteiger partial charge in [0.1, 0.15) is 0 Å². The summed E-state index contributed by atoms with van der Waals surface area (Å²) in [5.74, 6) is -0.143. The number of hydrogen-bond donors (Lipinski definition) is 2. The summed E-state index contributed by atoms with van der Waals surface area (Å²) in [5.41, 5.74) is 3.13. The molecule has 0 fully saturated rings. The van der Waals surface area contributed by atoms with Crippen molar-refractivity contribution in [1.82, 2.24) is 10.3 Å². The van der Waals surface area contributed by atoms with E-state index in [0.717, 1.165) is 17.5 Å². The van der Waals surface area contributed by atoms with Crippen LogP contribution in [-0.4, -0.2) is 17.4 Å². The third kappa shape index (κ3) is 1.72. The van der Waals surface area contributed by atoms with E-state index in [1.54, 1.807) is 0 Å². The molecule has 4 nitrogen and oxygen atoms in total. The van der Waals surface area contributed by atoms with Gasteiger partial charge in [0.05, 0.1) is 5.56 Å². The monoisotopic (exact) mass is 240 g/mol. The quantitative estimate of drug-likeness (QED) is 0.729. The first-order valence-corrected chi connectivity index (χ1v) is 5.85. The minimum absolute atomic E-state index is 0.143. The zero-order chi connectivity index (χ0) is 12.5. The van der Waals surface area contributed by atoms with Crippen LogP contribution in [0.5, 0.6) is 0 Å². The van der Waals surface area contributed by atoms with E-state index in [4.69, 9.17) is 0 Å². The normalized spacial score (nSPS) is 13.9. The molecule has 2 aromatic rings. The van der Waals surface area contributed by atoms with Gasteiger partial charge in [0.2, 0.25) is 5.56 Å². The summed E-state index contributed by atoms with van der Waals surface area (Å²) in [6.45, 7) is 0.606. The SMILES string of the molecule is O=C1NCCc2ccccc2-c2cc(=O)[nH]cc21. The number of fused-ring (bicyclic) bond motifs is 3. The highest BCUT2D eigenvalue weighted by Gasteiger charge is 2.18. The molecule has 0 saturated carbocycles. The van der Waals surface area contributed by atoms with Crippen molar-refractivity contribution in [3.63, 3.8) is 0 Å². The Morgan fingerprint density at radius 1 is 1.00 bits per heavy atom. The summed E-state index contributed by atoms with van der Waals surface area (Å²) in [6.07, 6.45) is 2.25. The van der Waals surface area contributed by atoms with Crippen LogP contribution in [0.15, 0.2) is 41.3 Å². The number of amides is 1. The number of nitrogens with one attached hydrogen (secondary N) is 2. The number of aromatic amines is 1. The second-order valence-electron chi connectivity index (χ2n) is 4.29. The Morgan fingerprint density at radius 2 is 1.83 bits per heavy atom. The largest absolute Gasteiger partial charge is 0.352 e. The Morgan fingerprint density at radius 3 is 2.72 bits per heavy atom. The van der Waals surface area contributed by atoms with E-state index < -0.39 is 0 Å². The Labute approximate surface area is 104 Å². The van der Waals surface area contributed by atoms with Gasteiger partial charge in [0, 0.05) is 24.4 Å². The van der Waals surface area contributed by atoms with Crippen molar-refractivity contribution in [2.45, 2.75) is 6.42 Å². The highest BCUT2D eigenvalue weighted by molar-refractivity contribution is 6.01. The molecule has 90 valence electrons. The zero-order valence-electron chi connectivity index (χ0n) is 9.69. The second kappa shape index (κ2) is 4.14. The van der Waals surface area contributed by atoms with Crippen LogP contribution in [-0.2, 0) is 6.42 Å². The van der Waals surface area contributed by atoms with Crippen LogP contribution in [0.25, 0.3) is 11.1 Å². The van der Waals surface area contributed by atoms with Gasteiger partial charge in [-0.25, -0.2) is 0 Å². The van der Waals surface area contributed by atoms with Gasteiger partial charge in [-0.3, -0.25) is 9.59 Å². The van der Waals surface area contributed by atoms with Crippen molar-refractivity contribution in [1.29, 1.82) is 0 Å². The van der Waals surface area contributed by atoms with Gasteiger partial charge in [-0.15, -0.1) is 0 Å². The number of aromatic nitrogens is 1. The van der Waals surface area contributed by atoms with Gasteiger partial charge in [-0.1, -0.05) is 24.3 Å². The number of H-pyrrole nitrogens is 1. The van der Waals surface area contributed by atoms with Gasteiger partial charge < -0.3 is 10.3 Å². The zero-order valence-corrected chi connectivity index (χ0v) is 9.69. The van der Waals surface area contributed by atoms with Gasteiger partial charge in [-0.2, -0.15) is 0 Å². The Hall–Kier alpha value is -2.36. The van der Waals surface area contributed by atoms with E-state index in [9.17, 15) is 9.59 Å². The minimum Gasteiger partial charge on any atom is -0.352 e. The van der Waals surface area contributed by atoms with E-state index in [1.807, 2.05) is 24.3 Å². The molecule has 0 radical (unpaired) electrons.